The smallest absolute Gasteiger partial charge is 0.251 e. The van der Waals surface area contributed by atoms with Crippen molar-refractivity contribution in [3.63, 3.8) is 0 Å². The predicted octanol–water partition coefficient (Wildman–Crippen LogP) is 4.69. The van der Waals surface area contributed by atoms with Gasteiger partial charge in [-0.05, 0) is 61.7 Å². The Morgan fingerprint density at radius 2 is 1.81 bits per heavy atom. The molecule has 1 aliphatic carbocycles. The third-order valence-electron chi connectivity index (χ3n) is 7.70. The average molecular weight is 575 g/mol. The molecule has 216 valence electrons. The van der Waals surface area contributed by atoms with Crippen LogP contribution in [0, 0.1) is 29.3 Å². The Morgan fingerprint density at radius 1 is 1.07 bits per heavy atom. The first-order valence-corrected chi connectivity index (χ1v) is 13.5. The molecule has 0 spiro atoms. The maximum atomic E-state index is 14.2. The van der Waals surface area contributed by atoms with Gasteiger partial charge in [0.2, 0.25) is 11.8 Å². The molecule has 2 aromatic carbocycles. The van der Waals surface area contributed by atoms with E-state index in [1.165, 1.54) is 18.3 Å². The van der Waals surface area contributed by atoms with Gasteiger partial charge in [0.1, 0.15) is 17.5 Å². The van der Waals surface area contributed by atoms with Gasteiger partial charge in [-0.3, -0.25) is 19.4 Å². The van der Waals surface area contributed by atoms with Crippen molar-refractivity contribution >= 4 is 17.7 Å². The van der Waals surface area contributed by atoms with Gasteiger partial charge in [0.25, 0.3) is 5.91 Å². The van der Waals surface area contributed by atoms with E-state index in [0.29, 0.717) is 16.8 Å². The summed E-state index contributed by atoms with van der Waals surface area (Å²) in [4.78, 5) is 42.7. The van der Waals surface area contributed by atoms with Gasteiger partial charge in [-0.1, -0.05) is 35.4 Å². The van der Waals surface area contributed by atoms with Crippen LogP contribution >= 0.6 is 0 Å². The summed E-state index contributed by atoms with van der Waals surface area (Å²) in [5.74, 6) is -4.79. The monoisotopic (exact) mass is 574 g/mol. The van der Waals surface area contributed by atoms with Crippen molar-refractivity contribution in [3.05, 3.63) is 112 Å². The van der Waals surface area contributed by atoms with E-state index in [9.17, 15) is 27.6 Å². The minimum atomic E-state index is -0.954. The summed E-state index contributed by atoms with van der Waals surface area (Å²) in [6.45, 7) is 3.88. The number of hydrogen-bond donors (Lipinski definition) is 3. The molecule has 4 N–H and O–H groups in total. The highest BCUT2D eigenvalue weighted by atomic mass is 19.1. The summed E-state index contributed by atoms with van der Waals surface area (Å²) in [6, 6.07) is 9.12. The molecule has 7 nitrogen and oxygen atoms in total. The number of halogens is 3. The van der Waals surface area contributed by atoms with Crippen LogP contribution in [-0.2, 0) is 16.0 Å². The molecule has 4 atom stereocenters. The van der Waals surface area contributed by atoms with E-state index in [0.717, 1.165) is 35.4 Å². The van der Waals surface area contributed by atoms with Crippen LogP contribution < -0.4 is 16.4 Å². The fourth-order valence-electron chi connectivity index (χ4n) is 5.88. The molecule has 1 saturated heterocycles. The highest BCUT2D eigenvalue weighted by Gasteiger charge is 2.43. The lowest BCUT2D eigenvalue weighted by atomic mass is 9.80. The van der Waals surface area contributed by atoms with Crippen LogP contribution in [0.1, 0.15) is 47.9 Å². The fraction of sp³-hybridized carbons (Fsp3) is 0.250. The molecule has 3 aromatic rings. The summed E-state index contributed by atoms with van der Waals surface area (Å²) in [5.41, 5.74) is 8.48. The second-order valence-electron chi connectivity index (χ2n) is 10.8. The molecule has 42 heavy (non-hydrogen) atoms. The van der Waals surface area contributed by atoms with E-state index >= 15 is 0 Å². The van der Waals surface area contributed by atoms with Crippen LogP contribution in [0.4, 0.5) is 13.2 Å². The van der Waals surface area contributed by atoms with Crippen LogP contribution in [0.15, 0.2) is 78.0 Å². The molecule has 0 bridgehead atoms. The van der Waals surface area contributed by atoms with Crippen molar-refractivity contribution in [1.82, 2.24) is 15.6 Å². The highest BCUT2D eigenvalue weighted by molar-refractivity contribution is 5.94. The number of benzene rings is 2. The number of primary amides is 1. The van der Waals surface area contributed by atoms with Crippen molar-refractivity contribution in [1.29, 1.82) is 0 Å². The Kier molecular flexibility index (Phi) is 7.98. The first kappa shape index (κ1) is 28.8. The average Bonchev–Trinajstić information content (AvgIpc) is 3.23. The molecule has 2 aliphatic rings. The lowest BCUT2D eigenvalue weighted by molar-refractivity contribution is -0.129. The summed E-state index contributed by atoms with van der Waals surface area (Å²) < 4.78 is 42.4. The van der Waals surface area contributed by atoms with E-state index in [2.05, 4.69) is 15.6 Å². The summed E-state index contributed by atoms with van der Waals surface area (Å²) in [5, 5.41) is 5.89. The van der Waals surface area contributed by atoms with Crippen molar-refractivity contribution in [2.75, 3.05) is 0 Å². The summed E-state index contributed by atoms with van der Waals surface area (Å²) in [6.07, 6.45) is 5.31. The minimum absolute atomic E-state index is 0.0436. The second-order valence-corrected chi connectivity index (χ2v) is 10.8. The topological polar surface area (TPSA) is 114 Å². The molecule has 3 unspecified atom stereocenters. The highest BCUT2D eigenvalue weighted by Crippen LogP contribution is 2.36. The molecular formula is C32H29F3N4O3. The number of aromatic nitrogens is 1. The van der Waals surface area contributed by atoms with E-state index in [-0.39, 0.29) is 41.8 Å². The lowest BCUT2D eigenvalue weighted by Gasteiger charge is -2.25. The molecule has 0 radical (unpaired) electrons. The Morgan fingerprint density at radius 3 is 2.52 bits per heavy atom. The van der Waals surface area contributed by atoms with Gasteiger partial charge in [0.05, 0.1) is 29.3 Å². The number of carbonyl (C=O) groups excluding carboxylic acids is 3. The van der Waals surface area contributed by atoms with Crippen LogP contribution in [0.25, 0.3) is 11.1 Å². The first-order valence-electron chi connectivity index (χ1n) is 13.5. The fourth-order valence-corrected chi connectivity index (χ4v) is 5.88. The van der Waals surface area contributed by atoms with Crippen LogP contribution in [0.2, 0.25) is 0 Å². The van der Waals surface area contributed by atoms with Gasteiger partial charge in [-0.15, -0.1) is 0 Å². The quantitative estimate of drug-likeness (QED) is 0.362. The molecule has 1 aromatic heterocycles. The molecule has 1 fully saturated rings. The van der Waals surface area contributed by atoms with Gasteiger partial charge in [-0.2, -0.15) is 0 Å². The Balaban J connectivity index is 1.49. The van der Waals surface area contributed by atoms with Crippen LogP contribution in [-0.4, -0.2) is 28.7 Å². The lowest BCUT2D eigenvalue weighted by Crippen LogP contribution is -2.34. The third-order valence-corrected chi connectivity index (χ3v) is 7.70. The second kappa shape index (κ2) is 11.6. The van der Waals surface area contributed by atoms with E-state index in [1.807, 2.05) is 26.0 Å². The minimum Gasteiger partial charge on any atom is -0.366 e. The Hall–Kier alpha value is -4.73. The molecular weight excluding hydrogens is 545 g/mol. The van der Waals surface area contributed by atoms with Gasteiger partial charge in [0.15, 0.2) is 0 Å². The molecule has 2 heterocycles. The van der Waals surface area contributed by atoms with Gasteiger partial charge in [-0.25, -0.2) is 13.2 Å². The van der Waals surface area contributed by atoms with E-state index in [4.69, 9.17) is 5.73 Å². The van der Waals surface area contributed by atoms with Gasteiger partial charge >= 0.3 is 0 Å². The maximum Gasteiger partial charge on any atom is 0.251 e. The van der Waals surface area contributed by atoms with Crippen molar-refractivity contribution < 1.29 is 27.6 Å². The molecule has 0 saturated carbocycles. The normalized spacial score (nSPS) is 20.2. The number of rotatable bonds is 8. The molecule has 3 amide bonds. The number of allylic oxidation sites excluding steroid dienone is 2. The van der Waals surface area contributed by atoms with Crippen LogP contribution in [0.5, 0.6) is 0 Å². The molecule has 5 rings (SSSR count). The first-order chi connectivity index (χ1) is 20.0. The van der Waals surface area contributed by atoms with Crippen molar-refractivity contribution in [3.8, 4) is 11.1 Å². The standard InChI is InChI=1S/C32H29F3N4O3/c1-16-8-17(2)29-23(9-16)24(32(42)39-29)15-28(40)38-27(12-18-10-20(33)14-21(34)11-18)30-22(4-3-7-37-30)19-5-6-26(35)25(13-19)31(36)41/h3-11,13-14,23-24,27,29H,12,15H2,1-2H3,(H2,36,41)(H,38,40)(H,39,42)/t23?,24?,27-,29?/m0/s1. The Bertz CT molecular complexity index is 1630. The van der Waals surface area contributed by atoms with Crippen LogP contribution in [0.3, 0.4) is 0 Å². The number of nitrogens with one attached hydrogen (secondary N) is 2. The maximum absolute atomic E-state index is 14.2. The van der Waals surface area contributed by atoms with E-state index < -0.39 is 41.2 Å². The molecule has 10 heteroatoms. The van der Waals surface area contributed by atoms with Gasteiger partial charge < -0.3 is 16.4 Å². The third kappa shape index (κ3) is 5.97. The number of carbonyl (C=O) groups is 3. The summed E-state index contributed by atoms with van der Waals surface area (Å²) >= 11 is 0. The summed E-state index contributed by atoms with van der Waals surface area (Å²) in [7, 11) is 0. The number of pyridine rings is 1. The number of hydrogen-bond acceptors (Lipinski definition) is 4. The zero-order valence-corrected chi connectivity index (χ0v) is 23.0. The van der Waals surface area contributed by atoms with Crippen molar-refractivity contribution in [2.45, 2.75) is 38.8 Å². The van der Waals surface area contributed by atoms with E-state index in [1.54, 1.807) is 12.1 Å². The number of nitrogens with two attached hydrogens (primary N) is 1. The number of amides is 3. The predicted molar refractivity (Wildman–Crippen MR) is 150 cm³/mol. The molecule has 1 aliphatic heterocycles. The van der Waals surface area contributed by atoms with Gasteiger partial charge in [0, 0.05) is 30.2 Å². The zero-order chi connectivity index (χ0) is 30.1. The largest absolute Gasteiger partial charge is 0.366 e. The number of nitrogens with zero attached hydrogens (tertiary/aromatic N) is 1. The zero-order valence-electron chi connectivity index (χ0n) is 23.0. The Labute approximate surface area is 240 Å². The van der Waals surface area contributed by atoms with Crippen molar-refractivity contribution in [2.24, 2.45) is 17.6 Å². The SMILES string of the molecule is CC1=CC2C(CC(=O)N[C@@H](Cc3cc(F)cc(F)c3)c3ncccc3-c3ccc(F)c(C(N)=O)c3)C(=O)NC2C(C)=C1. The number of fused-ring (bicyclic) bond motifs is 1.